The lowest BCUT2D eigenvalue weighted by atomic mass is 9.96. The summed E-state index contributed by atoms with van der Waals surface area (Å²) < 4.78 is 7.07. The summed E-state index contributed by atoms with van der Waals surface area (Å²) in [5, 5.41) is 18.7. The molecule has 1 unspecified atom stereocenters. The van der Waals surface area contributed by atoms with Gasteiger partial charge in [-0.25, -0.2) is 0 Å². The van der Waals surface area contributed by atoms with Gasteiger partial charge in [0.15, 0.2) is 0 Å². The molecule has 0 saturated carbocycles. The van der Waals surface area contributed by atoms with Crippen LogP contribution in [0.5, 0.6) is 0 Å². The number of anilines is 1. The molecular weight excluding hydrogens is 516 g/mol. The number of carbonyl (C=O) groups excluding carboxylic acids is 2. The van der Waals surface area contributed by atoms with Gasteiger partial charge < -0.3 is 14.7 Å². The maximum absolute atomic E-state index is 13.2. The third-order valence-electron chi connectivity index (χ3n) is 6.42. The first-order valence-corrected chi connectivity index (χ1v) is 13.4. The number of piperidine rings is 1. The van der Waals surface area contributed by atoms with Gasteiger partial charge in [0.05, 0.1) is 17.4 Å². The fourth-order valence-electron chi connectivity index (χ4n) is 4.61. The number of carboxylic acid groups (broad SMARTS) is 1. The van der Waals surface area contributed by atoms with Crippen molar-refractivity contribution in [3.05, 3.63) is 31.9 Å². The van der Waals surface area contributed by atoms with E-state index in [1.54, 1.807) is 26.8 Å². The number of hydrogen-bond acceptors (Lipinski definition) is 9. The van der Waals surface area contributed by atoms with Gasteiger partial charge in [0.25, 0.3) is 11.5 Å². The number of nitriles is 1. The van der Waals surface area contributed by atoms with Crippen LogP contribution in [0.25, 0.3) is 6.08 Å². The molecule has 1 amide bonds. The largest absolute Gasteiger partial charge is 0.481 e. The zero-order valence-electron chi connectivity index (χ0n) is 21.1. The number of rotatable bonds is 9. The number of amides is 1. The van der Waals surface area contributed by atoms with E-state index in [-0.39, 0.29) is 49.4 Å². The smallest absolute Gasteiger partial charge is 0.310 e. The van der Waals surface area contributed by atoms with Crippen molar-refractivity contribution in [2.24, 2.45) is 5.92 Å². The van der Waals surface area contributed by atoms with E-state index in [0.717, 1.165) is 11.8 Å². The highest BCUT2D eigenvalue weighted by atomic mass is 32.2. The van der Waals surface area contributed by atoms with Gasteiger partial charge in [0, 0.05) is 38.2 Å². The van der Waals surface area contributed by atoms with Gasteiger partial charge in [-0.05, 0) is 51.7 Å². The number of aromatic nitrogens is 1. The zero-order chi connectivity index (χ0) is 27.3. The van der Waals surface area contributed by atoms with Gasteiger partial charge in [-0.2, -0.15) is 5.26 Å². The van der Waals surface area contributed by atoms with Gasteiger partial charge in [0.1, 0.15) is 21.8 Å². The maximum Gasteiger partial charge on any atom is 0.310 e. The van der Waals surface area contributed by atoms with Crippen LogP contribution in [0.15, 0.2) is 9.70 Å². The second-order valence-electron chi connectivity index (χ2n) is 8.77. The molecule has 3 heterocycles. The number of ether oxygens (including phenoxy) is 1. The Morgan fingerprint density at radius 3 is 2.68 bits per heavy atom. The van der Waals surface area contributed by atoms with E-state index in [9.17, 15) is 24.4 Å². The highest BCUT2D eigenvalue weighted by molar-refractivity contribution is 8.26. The van der Waals surface area contributed by atoms with Gasteiger partial charge in [-0.1, -0.05) is 24.0 Å². The Bertz CT molecular complexity index is 1250. The van der Waals surface area contributed by atoms with Crippen molar-refractivity contribution in [3.63, 3.8) is 0 Å². The molecule has 1 aromatic rings. The number of carbonyl (C=O) groups is 3. The number of carboxylic acids is 1. The Morgan fingerprint density at radius 1 is 1.32 bits per heavy atom. The summed E-state index contributed by atoms with van der Waals surface area (Å²) in [4.78, 5) is 53.4. The van der Waals surface area contributed by atoms with Crippen molar-refractivity contribution < 1.29 is 24.2 Å². The molecule has 2 fully saturated rings. The molecule has 198 valence electrons. The molecule has 37 heavy (non-hydrogen) atoms. The van der Waals surface area contributed by atoms with E-state index in [1.165, 1.54) is 9.47 Å². The Kier molecular flexibility index (Phi) is 9.50. The lowest BCUT2D eigenvalue weighted by Crippen LogP contribution is -2.43. The minimum atomic E-state index is -0.949. The number of pyridine rings is 1. The molecule has 0 aromatic carbocycles. The molecule has 12 heteroatoms. The number of nitrogens with zero attached hydrogens (tertiary/aromatic N) is 4. The predicted octanol–water partition coefficient (Wildman–Crippen LogP) is 2.89. The molecule has 2 saturated heterocycles. The summed E-state index contributed by atoms with van der Waals surface area (Å²) in [6.45, 7) is 6.94. The van der Waals surface area contributed by atoms with Gasteiger partial charge in [0.2, 0.25) is 0 Å². The summed E-state index contributed by atoms with van der Waals surface area (Å²) in [5.41, 5.74) is 0.567. The Balaban J connectivity index is 2.09. The second kappa shape index (κ2) is 12.4. The first kappa shape index (κ1) is 28.4. The molecule has 0 spiro atoms. The highest BCUT2D eigenvalue weighted by Crippen LogP contribution is 2.37. The number of thiocarbonyl (C=S) groups is 1. The predicted molar refractivity (Wildman–Crippen MR) is 144 cm³/mol. The summed E-state index contributed by atoms with van der Waals surface area (Å²) in [6.07, 6.45) is 3.23. The van der Waals surface area contributed by atoms with Crippen molar-refractivity contribution in [2.45, 2.75) is 53.0 Å². The van der Waals surface area contributed by atoms with Gasteiger partial charge in [-0.15, -0.1) is 0 Å². The van der Waals surface area contributed by atoms with E-state index in [1.807, 2.05) is 11.0 Å². The van der Waals surface area contributed by atoms with Crippen LogP contribution in [0.4, 0.5) is 5.82 Å². The van der Waals surface area contributed by atoms with E-state index >= 15 is 0 Å². The average molecular weight is 547 g/mol. The first-order valence-electron chi connectivity index (χ1n) is 12.2. The van der Waals surface area contributed by atoms with Crippen LogP contribution in [-0.2, 0) is 25.7 Å². The van der Waals surface area contributed by atoms with Crippen molar-refractivity contribution in [3.8, 4) is 6.07 Å². The third-order valence-corrected chi connectivity index (χ3v) is 7.80. The van der Waals surface area contributed by atoms with Crippen molar-refractivity contribution in [2.75, 3.05) is 31.1 Å². The third kappa shape index (κ3) is 6.05. The van der Waals surface area contributed by atoms with E-state index in [0.29, 0.717) is 58.6 Å². The number of hydrogen-bond donors (Lipinski definition) is 1. The first-order chi connectivity index (χ1) is 17.6. The molecule has 2 aliphatic heterocycles. The molecule has 0 aliphatic carbocycles. The Morgan fingerprint density at radius 2 is 2.05 bits per heavy atom. The summed E-state index contributed by atoms with van der Waals surface area (Å²) in [7, 11) is 0. The minimum Gasteiger partial charge on any atom is -0.481 e. The van der Waals surface area contributed by atoms with Crippen LogP contribution < -0.4 is 10.5 Å². The molecule has 2 aliphatic rings. The van der Waals surface area contributed by atoms with Crippen LogP contribution in [0.3, 0.4) is 0 Å². The molecule has 0 bridgehead atoms. The van der Waals surface area contributed by atoms with E-state index in [4.69, 9.17) is 22.1 Å². The fraction of sp³-hybridized carbons (Fsp3) is 0.520. The SMILES string of the molecule is CCOC(=O)C1CCCN(c2c(/C=C3\SC(=S)N(CCCC(=O)O)C3=O)c(C)c(C#N)c(=O)n2CC)C1. The molecule has 1 aromatic heterocycles. The summed E-state index contributed by atoms with van der Waals surface area (Å²) in [5.74, 6) is -1.39. The van der Waals surface area contributed by atoms with Crippen molar-refractivity contribution >= 4 is 58.0 Å². The molecule has 0 radical (unpaired) electrons. The Labute approximate surface area is 224 Å². The molecule has 1 atom stereocenters. The molecular formula is C25H30N4O6S2. The van der Waals surface area contributed by atoms with Crippen LogP contribution in [0.2, 0.25) is 0 Å². The topological polar surface area (TPSA) is 133 Å². The molecule has 1 N–H and O–H groups in total. The number of esters is 1. The van der Waals surface area contributed by atoms with Crippen molar-refractivity contribution in [1.82, 2.24) is 9.47 Å². The second-order valence-corrected chi connectivity index (χ2v) is 10.4. The summed E-state index contributed by atoms with van der Waals surface area (Å²) in [6, 6.07) is 2.01. The zero-order valence-corrected chi connectivity index (χ0v) is 22.7. The van der Waals surface area contributed by atoms with Gasteiger partial charge >= 0.3 is 11.9 Å². The van der Waals surface area contributed by atoms with Crippen LogP contribution in [0.1, 0.15) is 56.2 Å². The molecule has 10 nitrogen and oxygen atoms in total. The van der Waals surface area contributed by atoms with Crippen LogP contribution in [-0.4, -0.2) is 63.0 Å². The van der Waals surface area contributed by atoms with Crippen molar-refractivity contribution in [1.29, 1.82) is 5.26 Å². The number of aliphatic carboxylic acids is 1. The Hall–Kier alpha value is -3.17. The van der Waals surface area contributed by atoms with Crippen LogP contribution >= 0.6 is 24.0 Å². The summed E-state index contributed by atoms with van der Waals surface area (Å²) >= 11 is 6.48. The maximum atomic E-state index is 13.2. The monoisotopic (exact) mass is 546 g/mol. The van der Waals surface area contributed by atoms with Crippen LogP contribution in [0, 0.1) is 24.2 Å². The minimum absolute atomic E-state index is 0.00672. The standard InChI is InChI=1S/C25H30N4O6S2/c1-4-28-21(27-10-6-8-16(14-27)24(34)35-5-2)17(15(3)18(13-26)22(28)32)12-19-23(33)29(25(36)37-19)11-7-9-20(30)31/h12,16H,4-11,14H2,1-3H3,(H,30,31)/b19-12-. The normalized spacial score (nSPS) is 18.9. The highest BCUT2D eigenvalue weighted by Gasteiger charge is 2.34. The fourth-order valence-corrected chi connectivity index (χ4v) is 5.90. The van der Waals surface area contributed by atoms with E-state index < -0.39 is 11.5 Å². The van der Waals surface area contributed by atoms with Gasteiger partial charge in [-0.3, -0.25) is 28.6 Å². The number of thioether (sulfide) groups is 1. The van der Waals surface area contributed by atoms with E-state index in [2.05, 4.69) is 0 Å². The lowest BCUT2D eigenvalue weighted by molar-refractivity contribution is -0.148. The lowest BCUT2D eigenvalue weighted by Gasteiger charge is -2.36. The quantitative estimate of drug-likeness (QED) is 0.280. The molecule has 3 rings (SSSR count). The average Bonchev–Trinajstić information content (AvgIpc) is 3.13.